The minimum atomic E-state index is -0.110. The van der Waals surface area contributed by atoms with Gasteiger partial charge < -0.3 is 4.74 Å². The standard InChI is InChI=1S/C12H14O2/c1-2-3-9-4-6-11-10(8-9)5-7-12(13)14-11/h4,6,8H,2-3,5,7H2,1H3. The summed E-state index contributed by atoms with van der Waals surface area (Å²) in [4.78, 5) is 11.0. The molecule has 0 aromatic heterocycles. The van der Waals surface area contributed by atoms with Gasteiger partial charge in [-0.1, -0.05) is 25.5 Å². The second kappa shape index (κ2) is 3.82. The van der Waals surface area contributed by atoms with Crippen molar-refractivity contribution in [1.29, 1.82) is 0 Å². The van der Waals surface area contributed by atoms with Crippen LogP contribution in [0.5, 0.6) is 5.75 Å². The van der Waals surface area contributed by atoms with Gasteiger partial charge in [-0.2, -0.15) is 0 Å². The van der Waals surface area contributed by atoms with Crippen molar-refractivity contribution >= 4 is 5.97 Å². The summed E-state index contributed by atoms with van der Waals surface area (Å²) in [6.45, 7) is 2.17. The molecule has 1 aliphatic rings. The van der Waals surface area contributed by atoms with E-state index in [9.17, 15) is 4.79 Å². The molecular weight excluding hydrogens is 176 g/mol. The number of fused-ring (bicyclic) bond motifs is 1. The number of carbonyl (C=O) groups excluding carboxylic acids is 1. The zero-order valence-corrected chi connectivity index (χ0v) is 8.38. The molecule has 74 valence electrons. The molecule has 0 amide bonds. The topological polar surface area (TPSA) is 26.3 Å². The molecule has 0 bridgehead atoms. The molecule has 2 nitrogen and oxygen atoms in total. The van der Waals surface area contributed by atoms with E-state index in [0.29, 0.717) is 6.42 Å². The first-order chi connectivity index (χ1) is 6.79. The number of benzene rings is 1. The number of rotatable bonds is 2. The van der Waals surface area contributed by atoms with Crippen molar-refractivity contribution in [3.8, 4) is 5.75 Å². The summed E-state index contributed by atoms with van der Waals surface area (Å²) in [5.41, 5.74) is 2.51. The minimum Gasteiger partial charge on any atom is -0.426 e. The van der Waals surface area contributed by atoms with Gasteiger partial charge in [-0.3, -0.25) is 4.79 Å². The van der Waals surface area contributed by atoms with E-state index in [1.165, 1.54) is 11.1 Å². The van der Waals surface area contributed by atoms with Gasteiger partial charge in [-0.05, 0) is 30.0 Å². The third-order valence-electron chi connectivity index (χ3n) is 2.49. The SMILES string of the molecule is CCCc1ccc2c(c1)CCC(=O)O2. The minimum absolute atomic E-state index is 0.110. The number of carbonyl (C=O) groups is 1. The van der Waals surface area contributed by atoms with Crippen LogP contribution in [0, 0.1) is 0 Å². The molecule has 1 heterocycles. The Morgan fingerprint density at radius 3 is 3.00 bits per heavy atom. The fourth-order valence-electron chi connectivity index (χ4n) is 1.78. The number of hydrogen-bond donors (Lipinski definition) is 0. The largest absolute Gasteiger partial charge is 0.426 e. The summed E-state index contributed by atoms with van der Waals surface area (Å²) in [6, 6.07) is 6.11. The molecule has 0 aliphatic carbocycles. The molecule has 0 spiro atoms. The molecule has 0 N–H and O–H groups in total. The Hall–Kier alpha value is -1.31. The highest BCUT2D eigenvalue weighted by Crippen LogP contribution is 2.26. The number of hydrogen-bond acceptors (Lipinski definition) is 2. The molecule has 2 rings (SSSR count). The molecule has 1 aliphatic heterocycles. The van der Waals surface area contributed by atoms with Crippen LogP contribution in [0.3, 0.4) is 0 Å². The van der Waals surface area contributed by atoms with Crippen molar-refractivity contribution in [3.05, 3.63) is 29.3 Å². The van der Waals surface area contributed by atoms with Crippen molar-refractivity contribution in [2.45, 2.75) is 32.6 Å². The Kier molecular flexibility index (Phi) is 2.53. The molecule has 0 atom stereocenters. The van der Waals surface area contributed by atoms with Gasteiger partial charge in [-0.15, -0.1) is 0 Å². The Morgan fingerprint density at radius 1 is 1.36 bits per heavy atom. The van der Waals surface area contributed by atoms with Crippen LogP contribution in [0.25, 0.3) is 0 Å². The Bertz CT molecular complexity index is 355. The van der Waals surface area contributed by atoms with E-state index in [1.807, 2.05) is 12.1 Å². The van der Waals surface area contributed by atoms with Crippen LogP contribution in [0.4, 0.5) is 0 Å². The van der Waals surface area contributed by atoms with Crippen LogP contribution >= 0.6 is 0 Å². The van der Waals surface area contributed by atoms with Crippen molar-refractivity contribution in [3.63, 3.8) is 0 Å². The average Bonchev–Trinajstić information content (AvgIpc) is 2.19. The third kappa shape index (κ3) is 1.79. The summed E-state index contributed by atoms with van der Waals surface area (Å²) < 4.78 is 5.13. The van der Waals surface area contributed by atoms with Gasteiger partial charge >= 0.3 is 5.97 Å². The molecular formula is C12H14O2. The van der Waals surface area contributed by atoms with Crippen molar-refractivity contribution < 1.29 is 9.53 Å². The van der Waals surface area contributed by atoms with Crippen molar-refractivity contribution in [2.75, 3.05) is 0 Å². The molecule has 0 unspecified atom stereocenters. The highest BCUT2D eigenvalue weighted by atomic mass is 16.5. The Labute approximate surface area is 83.9 Å². The number of ether oxygens (including phenoxy) is 1. The summed E-state index contributed by atoms with van der Waals surface area (Å²) in [6.07, 6.45) is 3.59. The van der Waals surface area contributed by atoms with E-state index in [-0.39, 0.29) is 5.97 Å². The quantitative estimate of drug-likeness (QED) is 0.529. The smallest absolute Gasteiger partial charge is 0.311 e. The van der Waals surface area contributed by atoms with Crippen LogP contribution in [0.15, 0.2) is 18.2 Å². The highest BCUT2D eigenvalue weighted by molar-refractivity contribution is 5.75. The van der Waals surface area contributed by atoms with E-state index < -0.39 is 0 Å². The zero-order valence-electron chi connectivity index (χ0n) is 8.38. The third-order valence-corrected chi connectivity index (χ3v) is 2.49. The molecule has 1 aromatic rings. The number of aryl methyl sites for hydroxylation is 2. The predicted octanol–water partition coefficient (Wildman–Crippen LogP) is 2.49. The molecule has 2 heteroatoms. The lowest BCUT2D eigenvalue weighted by Gasteiger charge is -2.16. The lowest BCUT2D eigenvalue weighted by atomic mass is 10.0. The van der Waals surface area contributed by atoms with Gasteiger partial charge in [0.2, 0.25) is 0 Å². The van der Waals surface area contributed by atoms with Crippen LogP contribution in [0.1, 0.15) is 30.9 Å². The molecule has 0 fully saturated rings. The fourth-order valence-corrected chi connectivity index (χ4v) is 1.78. The summed E-state index contributed by atoms with van der Waals surface area (Å²) >= 11 is 0. The molecule has 1 aromatic carbocycles. The van der Waals surface area contributed by atoms with Crippen LogP contribution in [-0.2, 0) is 17.6 Å². The summed E-state index contributed by atoms with van der Waals surface area (Å²) in [7, 11) is 0. The molecule has 0 saturated heterocycles. The van der Waals surface area contributed by atoms with Gasteiger partial charge in [0.1, 0.15) is 5.75 Å². The maximum atomic E-state index is 11.0. The van der Waals surface area contributed by atoms with Crippen LogP contribution in [0.2, 0.25) is 0 Å². The van der Waals surface area contributed by atoms with E-state index in [0.717, 1.165) is 25.0 Å². The highest BCUT2D eigenvalue weighted by Gasteiger charge is 2.16. The monoisotopic (exact) mass is 190 g/mol. The van der Waals surface area contributed by atoms with Crippen LogP contribution < -0.4 is 4.74 Å². The molecule has 0 saturated carbocycles. The average molecular weight is 190 g/mol. The van der Waals surface area contributed by atoms with Gasteiger partial charge in [0.05, 0.1) is 6.42 Å². The van der Waals surface area contributed by atoms with Crippen molar-refractivity contribution in [1.82, 2.24) is 0 Å². The fraction of sp³-hybridized carbons (Fsp3) is 0.417. The lowest BCUT2D eigenvalue weighted by molar-refractivity contribution is -0.135. The maximum Gasteiger partial charge on any atom is 0.311 e. The predicted molar refractivity (Wildman–Crippen MR) is 54.4 cm³/mol. The zero-order chi connectivity index (χ0) is 9.97. The van der Waals surface area contributed by atoms with E-state index in [4.69, 9.17) is 4.74 Å². The van der Waals surface area contributed by atoms with E-state index >= 15 is 0 Å². The maximum absolute atomic E-state index is 11.0. The second-order valence-corrected chi connectivity index (χ2v) is 3.67. The van der Waals surface area contributed by atoms with E-state index in [1.54, 1.807) is 0 Å². The second-order valence-electron chi connectivity index (χ2n) is 3.67. The van der Waals surface area contributed by atoms with Gasteiger partial charge in [0, 0.05) is 0 Å². The lowest BCUT2D eigenvalue weighted by Crippen LogP contribution is -2.15. The molecule has 14 heavy (non-hydrogen) atoms. The first kappa shape index (κ1) is 9.25. The summed E-state index contributed by atoms with van der Waals surface area (Å²) in [5.74, 6) is 0.641. The van der Waals surface area contributed by atoms with Crippen molar-refractivity contribution in [2.24, 2.45) is 0 Å². The normalized spacial score (nSPS) is 14.8. The molecule has 0 radical (unpaired) electrons. The Balaban J connectivity index is 2.26. The summed E-state index contributed by atoms with van der Waals surface area (Å²) in [5, 5.41) is 0. The number of esters is 1. The first-order valence-electron chi connectivity index (χ1n) is 5.12. The Morgan fingerprint density at radius 2 is 2.21 bits per heavy atom. The van der Waals surface area contributed by atoms with Crippen LogP contribution in [-0.4, -0.2) is 5.97 Å². The van der Waals surface area contributed by atoms with E-state index in [2.05, 4.69) is 13.0 Å². The van der Waals surface area contributed by atoms with Gasteiger partial charge in [-0.25, -0.2) is 0 Å². The van der Waals surface area contributed by atoms with Gasteiger partial charge in [0.25, 0.3) is 0 Å². The first-order valence-corrected chi connectivity index (χ1v) is 5.12. The van der Waals surface area contributed by atoms with Gasteiger partial charge in [0.15, 0.2) is 0 Å².